The van der Waals surface area contributed by atoms with Gasteiger partial charge in [-0.15, -0.1) is 0 Å². The van der Waals surface area contributed by atoms with Gasteiger partial charge in [0.2, 0.25) is 47.3 Å². The second-order valence-electron chi connectivity index (χ2n) is 24.1. The number of primary amides is 1. The smallest absolute Gasteiger partial charge is 0.243 e. The van der Waals surface area contributed by atoms with Crippen LogP contribution in [0.5, 0.6) is 0 Å². The summed E-state index contributed by atoms with van der Waals surface area (Å²) in [6.07, 6.45) is 14.6. The van der Waals surface area contributed by atoms with Crippen molar-refractivity contribution >= 4 is 97.8 Å². The summed E-state index contributed by atoms with van der Waals surface area (Å²) in [7, 11) is 0. The lowest BCUT2D eigenvalue weighted by Crippen LogP contribution is -2.60. The minimum Gasteiger partial charge on any atom is -0.370 e. The molecule has 0 aliphatic rings. The van der Waals surface area contributed by atoms with E-state index in [1.165, 1.54) is 19.3 Å². The molecule has 26 N–H and O–H groups in total. The van der Waals surface area contributed by atoms with Crippen LogP contribution in [0.3, 0.4) is 0 Å². The number of guanidine groups is 3. The van der Waals surface area contributed by atoms with Crippen molar-refractivity contribution in [3.05, 3.63) is 108 Å². The first-order chi connectivity index (χ1) is 46.2. The molecular weight excluding hydrogens is 1230 g/mol. The highest BCUT2D eigenvalue weighted by molar-refractivity contribution is 5.99. The number of hydrogen-bond acceptors (Lipinski definition) is 12. The Balaban J connectivity index is 1.27. The number of H-pyrrole nitrogens is 3. The number of amides is 8. The summed E-state index contributed by atoms with van der Waals surface area (Å²) in [4.78, 5) is 136. The van der Waals surface area contributed by atoms with E-state index in [1.807, 2.05) is 72.8 Å². The second kappa shape index (κ2) is 39.5. The van der Waals surface area contributed by atoms with Gasteiger partial charge in [-0.1, -0.05) is 100 Å². The van der Waals surface area contributed by atoms with Gasteiger partial charge in [-0.05, 0) is 99.1 Å². The lowest BCUT2D eigenvalue weighted by molar-refractivity contribution is -0.135. The quantitative estimate of drug-likeness (QED) is 0.0146. The highest BCUT2D eigenvalue weighted by atomic mass is 16.2. The number of para-hydroxylation sites is 3. The van der Waals surface area contributed by atoms with Crippen LogP contribution >= 0.6 is 0 Å². The average Bonchev–Trinajstić information content (AvgIpc) is 1.65. The lowest BCUT2D eigenvalue weighted by Gasteiger charge is -2.28. The van der Waals surface area contributed by atoms with Gasteiger partial charge in [-0.3, -0.25) is 53.3 Å². The molecule has 8 amide bonds. The number of rotatable bonds is 44. The summed E-state index contributed by atoms with van der Waals surface area (Å²) in [5.74, 6) is -6.02. The Morgan fingerprint density at radius 2 is 0.740 bits per heavy atom. The first-order valence-corrected chi connectivity index (χ1v) is 33.2. The van der Waals surface area contributed by atoms with Crippen LogP contribution in [-0.2, 0) is 57.6 Å². The van der Waals surface area contributed by atoms with E-state index >= 15 is 14.4 Å². The summed E-state index contributed by atoms with van der Waals surface area (Å²) < 4.78 is 0. The van der Waals surface area contributed by atoms with Crippen LogP contribution in [-0.4, -0.2) is 149 Å². The lowest BCUT2D eigenvalue weighted by atomic mass is 10.0. The number of unbranched alkanes of at least 4 members (excludes halogenated alkanes) is 7. The highest BCUT2D eigenvalue weighted by Crippen LogP contribution is 2.23. The molecule has 0 radical (unpaired) electrons. The van der Waals surface area contributed by atoms with Crippen LogP contribution in [0.1, 0.15) is 133 Å². The van der Waals surface area contributed by atoms with Crippen molar-refractivity contribution in [3.63, 3.8) is 0 Å². The van der Waals surface area contributed by atoms with Crippen molar-refractivity contribution < 1.29 is 38.4 Å². The van der Waals surface area contributed by atoms with Crippen LogP contribution in [0.15, 0.2) is 106 Å². The summed E-state index contributed by atoms with van der Waals surface area (Å²) in [6.45, 7) is 2.83. The third-order valence-corrected chi connectivity index (χ3v) is 16.6. The number of carbonyl (C=O) groups is 8. The third-order valence-electron chi connectivity index (χ3n) is 16.6. The predicted octanol–water partition coefficient (Wildman–Crippen LogP) is 1.47. The number of nitrogens with one attached hydrogen (secondary N) is 10. The van der Waals surface area contributed by atoms with Crippen molar-refractivity contribution in [2.24, 2.45) is 60.8 Å². The van der Waals surface area contributed by atoms with Crippen LogP contribution in [0, 0.1) is 0 Å². The number of aromatic amines is 3. The minimum absolute atomic E-state index is 0.0360. The van der Waals surface area contributed by atoms with Crippen molar-refractivity contribution in [1.82, 2.24) is 52.2 Å². The Morgan fingerprint density at radius 3 is 1.15 bits per heavy atom. The molecule has 3 heterocycles. The van der Waals surface area contributed by atoms with E-state index in [1.54, 1.807) is 18.6 Å². The van der Waals surface area contributed by atoms with Crippen molar-refractivity contribution in [2.75, 3.05) is 26.2 Å². The zero-order chi connectivity index (χ0) is 69.4. The van der Waals surface area contributed by atoms with Crippen LogP contribution < -0.4 is 83.1 Å². The molecule has 29 heteroatoms. The van der Waals surface area contributed by atoms with E-state index in [-0.39, 0.29) is 101 Å². The number of benzene rings is 3. The molecule has 29 nitrogen and oxygen atoms in total. The van der Waals surface area contributed by atoms with E-state index in [4.69, 9.17) is 45.9 Å². The average molecular weight is 1330 g/mol. The fourth-order valence-corrected chi connectivity index (χ4v) is 11.3. The first kappa shape index (κ1) is 74.8. The number of nitrogens with two attached hydrogens (primary N) is 8. The molecule has 96 heavy (non-hydrogen) atoms. The van der Waals surface area contributed by atoms with Gasteiger partial charge in [0.15, 0.2) is 17.9 Å². The van der Waals surface area contributed by atoms with Gasteiger partial charge in [0, 0.05) is 103 Å². The number of fused-ring (bicyclic) bond motifs is 3. The van der Waals surface area contributed by atoms with E-state index in [9.17, 15) is 24.0 Å². The molecular formula is C67H99N21O8. The fraction of sp³-hybridized carbons (Fsp3) is 0.478. The Hall–Kier alpha value is -10.2. The monoisotopic (exact) mass is 1330 g/mol. The standard InChI is InChI=1S/C67H99N21O8/c1-2-3-4-5-6-7-8-30-57(89)76-31-16-15-27-51(58(69)90)83-62(94)55(36-42-39-81-49-25-13-10-21-45(42)49)87-60(92)53(29-19-34-79-67(74)75)85-64(96)56(37-43-40-82-50-26-14-11-22-46(43)50)88-61(93)52(28-18-33-78-66(72)73)84-63(95)54(35-41-38-80-48-24-12-9-20-44(41)48)86-59(91)47(68)23-17-32-77-65(70)71/h9-14,20-22,24-26,38-40,47,51-56,80-82H,2-8,15-19,23,27-37,68H2,1H3,(H2,69,90)(H,76,89)(H,83,94)(H,84,95)(H,85,96)(H,86,91)(H,87,92)(H,88,93)(H4,70,71,77)(H4,72,73,78)(H4,74,75,79)/t47-,51+,52+,53+,54-,55+,56-/m1/s1. The Bertz CT molecular complexity index is 3600. The number of aromatic nitrogens is 3. The summed E-state index contributed by atoms with van der Waals surface area (Å²) in [5.41, 5.74) is 50.1. The van der Waals surface area contributed by atoms with Gasteiger partial charge in [0.1, 0.15) is 36.3 Å². The molecule has 0 saturated carbocycles. The van der Waals surface area contributed by atoms with Gasteiger partial charge < -0.3 is 98.0 Å². The zero-order valence-corrected chi connectivity index (χ0v) is 54.9. The summed E-state index contributed by atoms with van der Waals surface area (Å²) in [5, 5.41) is 22.2. The molecule has 0 unspecified atom stereocenters. The maximum atomic E-state index is 15.3. The second-order valence-corrected chi connectivity index (χ2v) is 24.1. The fourth-order valence-electron chi connectivity index (χ4n) is 11.3. The van der Waals surface area contributed by atoms with E-state index in [0.29, 0.717) is 48.9 Å². The van der Waals surface area contributed by atoms with Gasteiger partial charge >= 0.3 is 0 Å². The van der Waals surface area contributed by atoms with Gasteiger partial charge in [-0.25, -0.2) is 0 Å². The Morgan fingerprint density at radius 1 is 0.396 bits per heavy atom. The number of hydrogen-bond donors (Lipinski definition) is 18. The molecule has 0 aliphatic heterocycles. The molecule has 3 aromatic carbocycles. The van der Waals surface area contributed by atoms with Crippen LogP contribution in [0.4, 0.5) is 0 Å². The van der Waals surface area contributed by atoms with E-state index < -0.39 is 83.6 Å². The maximum Gasteiger partial charge on any atom is 0.243 e. The predicted molar refractivity (Wildman–Crippen MR) is 374 cm³/mol. The van der Waals surface area contributed by atoms with E-state index in [2.05, 4.69) is 74.1 Å². The molecule has 6 rings (SSSR count). The topological polar surface area (TPSA) is 513 Å². The number of carbonyl (C=O) groups excluding carboxylic acids is 8. The molecule has 3 aromatic heterocycles. The van der Waals surface area contributed by atoms with Crippen LogP contribution in [0.2, 0.25) is 0 Å². The van der Waals surface area contributed by atoms with Crippen LogP contribution in [0.25, 0.3) is 32.7 Å². The number of aliphatic imine (C=N–C) groups is 3. The van der Waals surface area contributed by atoms with Gasteiger partial charge in [0.25, 0.3) is 0 Å². The molecule has 0 bridgehead atoms. The molecule has 0 aliphatic carbocycles. The Kier molecular flexibility index (Phi) is 30.8. The molecule has 0 fully saturated rings. The Labute approximate surface area is 558 Å². The molecule has 0 saturated heterocycles. The van der Waals surface area contributed by atoms with E-state index in [0.717, 1.165) is 58.4 Å². The van der Waals surface area contributed by atoms with Crippen molar-refractivity contribution in [3.8, 4) is 0 Å². The summed E-state index contributed by atoms with van der Waals surface area (Å²) in [6, 6.07) is 12.9. The highest BCUT2D eigenvalue weighted by Gasteiger charge is 2.35. The molecule has 6 aromatic rings. The zero-order valence-electron chi connectivity index (χ0n) is 54.9. The summed E-state index contributed by atoms with van der Waals surface area (Å²) >= 11 is 0. The normalized spacial score (nSPS) is 13.4. The maximum absolute atomic E-state index is 15.3. The van der Waals surface area contributed by atoms with Crippen molar-refractivity contribution in [2.45, 2.75) is 178 Å². The SMILES string of the molecule is CCCCCCCCCC(=O)NCCCC[C@H](NC(=O)[C@H](Cc1c[nH]c2ccccc12)NC(=O)[C@H](CCCN=C(N)N)NC(=O)[C@@H](Cc1c[nH]c2ccccc12)NC(=O)[C@H](CCCN=C(N)N)NC(=O)[C@@H](Cc1c[nH]c2ccccc12)NC(=O)[C@H](N)CCCN=C(N)N)C(N)=O. The largest absolute Gasteiger partial charge is 0.370 e. The third kappa shape index (κ3) is 24.9. The van der Waals surface area contributed by atoms with Gasteiger partial charge in [0.05, 0.1) is 6.04 Å². The first-order valence-electron chi connectivity index (χ1n) is 33.2. The molecule has 520 valence electrons. The minimum atomic E-state index is -1.46. The molecule has 7 atom stereocenters. The number of nitrogens with zero attached hydrogens (tertiary/aromatic N) is 3. The van der Waals surface area contributed by atoms with Gasteiger partial charge in [-0.2, -0.15) is 0 Å². The van der Waals surface area contributed by atoms with Crippen molar-refractivity contribution in [1.29, 1.82) is 0 Å². The molecule has 0 spiro atoms.